The van der Waals surface area contributed by atoms with Crippen LogP contribution in [-0.4, -0.2) is 31.4 Å². The predicted octanol–water partition coefficient (Wildman–Crippen LogP) is 4.29. The summed E-state index contributed by atoms with van der Waals surface area (Å²) in [7, 11) is -2.77. The van der Waals surface area contributed by atoms with Crippen LogP contribution in [0.2, 0.25) is 0 Å². The van der Waals surface area contributed by atoms with E-state index in [1.807, 2.05) is 0 Å². The third kappa shape index (κ3) is 5.37. The van der Waals surface area contributed by atoms with Gasteiger partial charge in [0.05, 0.1) is 11.3 Å². The van der Waals surface area contributed by atoms with E-state index >= 15 is 0 Å². The highest BCUT2D eigenvalue weighted by atomic mass is 32.2. The monoisotopic (exact) mass is 385 g/mol. The van der Waals surface area contributed by atoms with Crippen LogP contribution >= 0.6 is 0 Å². The molecule has 2 rings (SSSR count). The molecule has 3 nitrogen and oxygen atoms in total. The Morgan fingerprint density at radius 1 is 1.24 bits per heavy atom. The number of nitrogens with zero attached hydrogens (tertiary/aromatic N) is 1. The third-order valence-corrected chi connectivity index (χ3v) is 6.35. The molecule has 1 aromatic carbocycles. The van der Waals surface area contributed by atoms with Gasteiger partial charge in [-0.25, -0.2) is 21.5 Å². The molecule has 0 amide bonds. The van der Waals surface area contributed by atoms with Gasteiger partial charge in [0.1, 0.15) is 0 Å². The molecule has 1 fully saturated rings. The maximum atomic E-state index is 13.4. The van der Waals surface area contributed by atoms with Crippen molar-refractivity contribution in [3.63, 3.8) is 0 Å². The van der Waals surface area contributed by atoms with Crippen molar-refractivity contribution < 1.29 is 30.4 Å². The maximum Gasteiger partial charge on any atom is 0.416 e. The van der Waals surface area contributed by atoms with E-state index in [0.29, 0.717) is 6.42 Å². The molecule has 0 aromatic heterocycles. The zero-order valence-corrected chi connectivity index (χ0v) is 14.5. The van der Waals surface area contributed by atoms with E-state index in [1.54, 1.807) is 0 Å². The van der Waals surface area contributed by atoms with Crippen molar-refractivity contribution in [1.29, 1.82) is 0 Å². The Hall–Kier alpha value is -1.22. The number of hydrogen-bond donors (Lipinski definition) is 0. The molecule has 142 valence electrons. The lowest BCUT2D eigenvalue weighted by Gasteiger charge is -2.30. The quantitative estimate of drug-likeness (QED) is 0.709. The van der Waals surface area contributed by atoms with Crippen LogP contribution < -0.4 is 0 Å². The molecule has 0 N–H and O–H groups in total. The van der Waals surface area contributed by atoms with E-state index in [0.717, 1.165) is 10.4 Å². The molecule has 0 spiro atoms. The van der Waals surface area contributed by atoms with E-state index in [1.165, 1.54) is 25.2 Å². The van der Waals surface area contributed by atoms with Crippen LogP contribution in [0.15, 0.2) is 24.3 Å². The molecule has 1 aromatic rings. The Morgan fingerprint density at radius 2 is 1.88 bits per heavy atom. The Morgan fingerprint density at radius 3 is 2.48 bits per heavy atom. The van der Waals surface area contributed by atoms with E-state index < -0.39 is 52.3 Å². The van der Waals surface area contributed by atoms with Crippen LogP contribution in [0.3, 0.4) is 0 Å². The molecule has 1 aliphatic carbocycles. The summed E-state index contributed by atoms with van der Waals surface area (Å²) in [5, 5.41) is 0. The Kier molecular flexibility index (Phi) is 5.78. The van der Waals surface area contributed by atoms with E-state index in [2.05, 4.69) is 0 Å². The van der Waals surface area contributed by atoms with Crippen LogP contribution in [0.1, 0.15) is 36.8 Å². The van der Waals surface area contributed by atoms with Gasteiger partial charge in [0, 0.05) is 26.4 Å². The Labute approximate surface area is 143 Å². The lowest BCUT2D eigenvalue weighted by molar-refractivity contribution is -0.138. The minimum absolute atomic E-state index is 0.171. The molecule has 1 unspecified atom stereocenters. The summed E-state index contributed by atoms with van der Waals surface area (Å²) < 4.78 is 91.4. The van der Waals surface area contributed by atoms with Gasteiger partial charge in [0.25, 0.3) is 0 Å². The minimum Gasteiger partial charge on any atom is -0.212 e. The van der Waals surface area contributed by atoms with Gasteiger partial charge >= 0.3 is 6.18 Å². The topological polar surface area (TPSA) is 37.4 Å². The lowest BCUT2D eigenvalue weighted by Crippen LogP contribution is -2.36. The smallest absolute Gasteiger partial charge is 0.212 e. The van der Waals surface area contributed by atoms with Crippen molar-refractivity contribution in [2.45, 2.75) is 44.3 Å². The number of rotatable bonds is 5. The van der Waals surface area contributed by atoms with Crippen molar-refractivity contribution in [1.82, 2.24) is 4.31 Å². The number of hydrogen-bond acceptors (Lipinski definition) is 2. The van der Waals surface area contributed by atoms with E-state index in [-0.39, 0.29) is 18.4 Å². The largest absolute Gasteiger partial charge is 0.416 e. The summed E-state index contributed by atoms with van der Waals surface area (Å²) in [5.41, 5.74) is -1.07. The van der Waals surface area contributed by atoms with Gasteiger partial charge in [-0.15, -0.1) is 0 Å². The molecule has 0 radical (unpaired) electrons. The summed E-state index contributed by atoms with van der Waals surface area (Å²) in [6.07, 6.45) is -4.72. The van der Waals surface area contributed by atoms with E-state index in [4.69, 9.17) is 0 Å². The molecule has 0 bridgehead atoms. The van der Waals surface area contributed by atoms with Crippen LogP contribution in [-0.2, 0) is 22.7 Å². The molecule has 0 saturated heterocycles. The zero-order chi connectivity index (χ0) is 18.9. The predicted molar refractivity (Wildman–Crippen MR) is 83.6 cm³/mol. The first-order valence-electron chi connectivity index (χ1n) is 7.88. The summed E-state index contributed by atoms with van der Waals surface area (Å²) >= 11 is 0. The lowest BCUT2D eigenvalue weighted by atomic mass is 9.88. The molecule has 0 aliphatic heterocycles. The number of halogens is 5. The molecular formula is C16H20F5NO2S. The standard InChI is InChI=1S/C16H20F5NO2S/c1-22(10-13-6-2-3-7-14(13)16(19,20)21)25(23,24)11-12-5-4-8-15(17,18)9-12/h2-3,6-7,12H,4-5,8-11H2,1H3. The summed E-state index contributed by atoms with van der Waals surface area (Å²) in [6, 6.07) is 4.72. The van der Waals surface area contributed by atoms with Gasteiger partial charge in [-0.3, -0.25) is 0 Å². The molecule has 1 atom stereocenters. The summed E-state index contributed by atoms with van der Waals surface area (Å²) in [4.78, 5) is 0. The second-order valence-corrected chi connectivity index (χ2v) is 8.63. The Bertz CT molecular complexity index is 703. The molecular weight excluding hydrogens is 365 g/mol. The second kappa shape index (κ2) is 7.19. The van der Waals surface area contributed by atoms with Crippen LogP contribution in [0.25, 0.3) is 0 Å². The van der Waals surface area contributed by atoms with Crippen molar-refractivity contribution in [3.8, 4) is 0 Å². The highest BCUT2D eigenvalue weighted by Gasteiger charge is 2.39. The fourth-order valence-corrected chi connectivity index (χ4v) is 4.59. The summed E-state index contributed by atoms with van der Waals surface area (Å²) in [5.74, 6) is -4.04. The first-order chi connectivity index (χ1) is 11.4. The zero-order valence-electron chi connectivity index (χ0n) is 13.7. The molecule has 1 saturated carbocycles. The number of benzene rings is 1. The van der Waals surface area contributed by atoms with Crippen LogP contribution in [0.5, 0.6) is 0 Å². The van der Waals surface area contributed by atoms with Crippen molar-refractivity contribution >= 4 is 10.0 Å². The molecule has 1 aliphatic rings. The fraction of sp³-hybridized carbons (Fsp3) is 0.625. The molecule has 9 heteroatoms. The fourth-order valence-electron chi connectivity index (χ4n) is 3.12. The van der Waals surface area contributed by atoms with Gasteiger partial charge in [0.2, 0.25) is 15.9 Å². The van der Waals surface area contributed by atoms with Gasteiger partial charge in [-0.2, -0.15) is 13.2 Å². The average molecular weight is 385 g/mol. The Balaban J connectivity index is 2.11. The van der Waals surface area contributed by atoms with Gasteiger partial charge in [0.15, 0.2) is 0 Å². The van der Waals surface area contributed by atoms with Gasteiger partial charge in [-0.1, -0.05) is 18.2 Å². The van der Waals surface area contributed by atoms with Gasteiger partial charge < -0.3 is 0 Å². The SMILES string of the molecule is CN(Cc1ccccc1C(F)(F)F)S(=O)(=O)CC1CCCC(F)(F)C1. The normalized spacial score (nSPS) is 21.5. The highest BCUT2D eigenvalue weighted by molar-refractivity contribution is 7.89. The number of alkyl halides is 5. The first kappa shape index (κ1) is 20.1. The molecule has 0 heterocycles. The van der Waals surface area contributed by atoms with Crippen LogP contribution in [0.4, 0.5) is 22.0 Å². The van der Waals surface area contributed by atoms with Crippen molar-refractivity contribution in [2.24, 2.45) is 5.92 Å². The number of sulfonamides is 1. The first-order valence-corrected chi connectivity index (χ1v) is 9.48. The maximum absolute atomic E-state index is 13.4. The van der Waals surface area contributed by atoms with Gasteiger partial charge in [-0.05, 0) is 30.4 Å². The molecule has 25 heavy (non-hydrogen) atoms. The average Bonchev–Trinajstić information content (AvgIpc) is 2.45. The van der Waals surface area contributed by atoms with E-state index in [9.17, 15) is 30.4 Å². The van der Waals surface area contributed by atoms with Crippen molar-refractivity contribution in [2.75, 3.05) is 12.8 Å². The minimum atomic E-state index is -4.59. The summed E-state index contributed by atoms with van der Waals surface area (Å²) in [6.45, 7) is -0.457. The highest BCUT2D eigenvalue weighted by Crippen LogP contribution is 2.37. The van der Waals surface area contributed by atoms with Crippen molar-refractivity contribution in [3.05, 3.63) is 35.4 Å². The van der Waals surface area contributed by atoms with Crippen LogP contribution in [0, 0.1) is 5.92 Å². The third-order valence-electron chi connectivity index (χ3n) is 4.38. The second-order valence-electron chi connectivity index (χ2n) is 6.51.